The normalized spacial score (nSPS) is 11.2. The highest BCUT2D eigenvalue weighted by molar-refractivity contribution is 6.02. The van der Waals surface area contributed by atoms with Crippen LogP contribution in [-0.4, -0.2) is 29.2 Å². The summed E-state index contributed by atoms with van der Waals surface area (Å²) in [6.45, 7) is 5.45. The summed E-state index contributed by atoms with van der Waals surface area (Å²) in [7, 11) is 0. The molecule has 1 amide bonds. The molecule has 0 radical (unpaired) electrons. The van der Waals surface area contributed by atoms with Gasteiger partial charge in [0.05, 0.1) is 5.56 Å². The molecule has 128 valence electrons. The standard InChI is InChI=1S/C16H17F3N4O/c1-3-23(4-2)14-9-8-13(21-22-14)15(24)20-12-7-5-6-11(10-12)16(17,18)19/h5-10H,3-4H2,1-2H3,(H,20,24). The summed E-state index contributed by atoms with van der Waals surface area (Å²) < 4.78 is 38.0. The third kappa shape index (κ3) is 4.21. The summed E-state index contributed by atoms with van der Waals surface area (Å²) in [4.78, 5) is 14.0. The molecule has 0 atom stereocenters. The molecule has 24 heavy (non-hydrogen) atoms. The third-order valence-corrected chi connectivity index (χ3v) is 3.42. The Kier molecular flexibility index (Phi) is 5.38. The van der Waals surface area contributed by atoms with E-state index in [0.29, 0.717) is 5.82 Å². The van der Waals surface area contributed by atoms with Crippen molar-refractivity contribution in [3.8, 4) is 0 Å². The zero-order chi connectivity index (χ0) is 17.7. The van der Waals surface area contributed by atoms with E-state index in [1.54, 1.807) is 6.07 Å². The van der Waals surface area contributed by atoms with Gasteiger partial charge in [-0.2, -0.15) is 13.2 Å². The first-order chi connectivity index (χ1) is 11.3. The van der Waals surface area contributed by atoms with Crippen LogP contribution in [0.5, 0.6) is 0 Å². The number of anilines is 2. The van der Waals surface area contributed by atoms with Crippen LogP contribution >= 0.6 is 0 Å². The van der Waals surface area contributed by atoms with Gasteiger partial charge in [-0.15, -0.1) is 10.2 Å². The van der Waals surface area contributed by atoms with Crippen molar-refractivity contribution in [3.05, 3.63) is 47.7 Å². The van der Waals surface area contributed by atoms with E-state index in [4.69, 9.17) is 0 Å². The van der Waals surface area contributed by atoms with Crippen LogP contribution in [0.2, 0.25) is 0 Å². The molecule has 0 spiro atoms. The van der Waals surface area contributed by atoms with Crippen molar-refractivity contribution in [3.63, 3.8) is 0 Å². The Labute approximate surface area is 137 Å². The van der Waals surface area contributed by atoms with Crippen LogP contribution in [0.1, 0.15) is 29.9 Å². The van der Waals surface area contributed by atoms with E-state index in [0.717, 1.165) is 25.2 Å². The SMILES string of the molecule is CCN(CC)c1ccc(C(=O)Nc2cccc(C(F)(F)F)c2)nn1. The average Bonchev–Trinajstić information content (AvgIpc) is 2.56. The van der Waals surface area contributed by atoms with E-state index >= 15 is 0 Å². The van der Waals surface area contributed by atoms with E-state index < -0.39 is 17.6 Å². The number of aromatic nitrogens is 2. The Morgan fingerprint density at radius 3 is 2.38 bits per heavy atom. The third-order valence-electron chi connectivity index (χ3n) is 3.42. The van der Waals surface area contributed by atoms with E-state index in [-0.39, 0.29) is 11.4 Å². The number of alkyl halides is 3. The van der Waals surface area contributed by atoms with Crippen molar-refractivity contribution in [1.82, 2.24) is 10.2 Å². The summed E-state index contributed by atoms with van der Waals surface area (Å²) in [5.74, 6) is 0.0172. The van der Waals surface area contributed by atoms with Crippen LogP contribution < -0.4 is 10.2 Å². The summed E-state index contributed by atoms with van der Waals surface area (Å²) in [6, 6.07) is 7.56. The predicted octanol–water partition coefficient (Wildman–Crippen LogP) is 3.59. The van der Waals surface area contributed by atoms with Gasteiger partial charge in [-0.3, -0.25) is 4.79 Å². The van der Waals surface area contributed by atoms with Crippen LogP contribution in [0, 0.1) is 0 Å². The monoisotopic (exact) mass is 338 g/mol. The van der Waals surface area contributed by atoms with Crippen molar-refractivity contribution < 1.29 is 18.0 Å². The lowest BCUT2D eigenvalue weighted by Gasteiger charge is -2.18. The minimum atomic E-state index is -4.47. The smallest absolute Gasteiger partial charge is 0.356 e. The number of carbonyl (C=O) groups is 1. The van der Waals surface area contributed by atoms with Crippen LogP contribution in [0.3, 0.4) is 0 Å². The molecule has 0 aliphatic rings. The quantitative estimate of drug-likeness (QED) is 0.905. The van der Waals surface area contributed by atoms with Crippen LogP contribution in [0.15, 0.2) is 36.4 Å². The van der Waals surface area contributed by atoms with Gasteiger partial charge < -0.3 is 10.2 Å². The van der Waals surface area contributed by atoms with Gasteiger partial charge >= 0.3 is 6.18 Å². The van der Waals surface area contributed by atoms with Gasteiger partial charge in [0.15, 0.2) is 11.5 Å². The average molecular weight is 338 g/mol. The molecule has 8 heteroatoms. The second kappa shape index (κ2) is 7.29. The molecule has 0 aliphatic heterocycles. The molecular weight excluding hydrogens is 321 g/mol. The van der Waals surface area contributed by atoms with Gasteiger partial charge in [0.25, 0.3) is 5.91 Å². The topological polar surface area (TPSA) is 58.1 Å². The lowest BCUT2D eigenvalue weighted by Crippen LogP contribution is -2.24. The highest BCUT2D eigenvalue weighted by atomic mass is 19.4. The molecule has 5 nitrogen and oxygen atoms in total. The Morgan fingerprint density at radius 1 is 1.12 bits per heavy atom. The summed E-state index contributed by atoms with van der Waals surface area (Å²) >= 11 is 0. The number of carbonyl (C=O) groups excluding carboxylic acids is 1. The Morgan fingerprint density at radius 2 is 1.83 bits per heavy atom. The fourth-order valence-electron chi connectivity index (χ4n) is 2.13. The highest BCUT2D eigenvalue weighted by Crippen LogP contribution is 2.30. The van der Waals surface area contributed by atoms with E-state index in [2.05, 4.69) is 15.5 Å². The van der Waals surface area contributed by atoms with Gasteiger partial charge in [0.1, 0.15) is 0 Å². The van der Waals surface area contributed by atoms with E-state index in [9.17, 15) is 18.0 Å². The van der Waals surface area contributed by atoms with Gasteiger partial charge in [-0.1, -0.05) is 6.07 Å². The van der Waals surface area contributed by atoms with E-state index in [1.165, 1.54) is 18.2 Å². The molecule has 2 aromatic rings. The molecule has 0 saturated carbocycles. The van der Waals surface area contributed by atoms with Crippen molar-refractivity contribution in [2.24, 2.45) is 0 Å². The number of hydrogen-bond acceptors (Lipinski definition) is 4. The fourth-order valence-corrected chi connectivity index (χ4v) is 2.13. The molecule has 1 aromatic carbocycles. The first-order valence-corrected chi connectivity index (χ1v) is 7.42. The second-order valence-corrected chi connectivity index (χ2v) is 4.98. The van der Waals surface area contributed by atoms with Gasteiger partial charge in [0.2, 0.25) is 0 Å². The summed E-state index contributed by atoms with van der Waals surface area (Å²) in [6.07, 6.45) is -4.47. The fraction of sp³-hybridized carbons (Fsp3) is 0.312. The summed E-state index contributed by atoms with van der Waals surface area (Å²) in [5.41, 5.74) is -0.754. The number of benzene rings is 1. The second-order valence-electron chi connectivity index (χ2n) is 4.98. The molecule has 1 N–H and O–H groups in total. The molecule has 0 bridgehead atoms. The Bertz CT molecular complexity index is 697. The van der Waals surface area contributed by atoms with Crippen LogP contribution in [0.4, 0.5) is 24.7 Å². The number of hydrogen-bond donors (Lipinski definition) is 1. The maximum atomic E-state index is 12.7. The molecule has 1 aromatic heterocycles. The van der Waals surface area contributed by atoms with Gasteiger partial charge in [-0.05, 0) is 44.2 Å². The molecule has 0 aliphatic carbocycles. The minimum absolute atomic E-state index is 0.0308. The van der Waals surface area contributed by atoms with Crippen molar-refractivity contribution in [1.29, 1.82) is 0 Å². The molecular formula is C16H17F3N4O. The molecule has 2 rings (SSSR count). The van der Waals surface area contributed by atoms with Gasteiger partial charge in [0, 0.05) is 18.8 Å². The van der Waals surface area contributed by atoms with Crippen LogP contribution in [-0.2, 0) is 6.18 Å². The lowest BCUT2D eigenvalue weighted by molar-refractivity contribution is -0.137. The molecule has 0 saturated heterocycles. The number of amides is 1. The highest BCUT2D eigenvalue weighted by Gasteiger charge is 2.30. The maximum Gasteiger partial charge on any atom is 0.416 e. The maximum absolute atomic E-state index is 12.7. The van der Waals surface area contributed by atoms with E-state index in [1.807, 2.05) is 18.7 Å². The zero-order valence-electron chi connectivity index (χ0n) is 13.3. The first kappa shape index (κ1) is 17.7. The Balaban J connectivity index is 2.13. The summed E-state index contributed by atoms with van der Waals surface area (Å²) in [5, 5.41) is 10.2. The number of nitrogens with one attached hydrogen (secondary N) is 1. The molecule has 0 fully saturated rings. The number of nitrogens with zero attached hydrogens (tertiary/aromatic N) is 3. The van der Waals surface area contributed by atoms with Crippen molar-refractivity contribution in [2.45, 2.75) is 20.0 Å². The number of halogens is 3. The number of rotatable bonds is 5. The Hall–Kier alpha value is -2.64. The molecule has 1 heterocycles. The first-order valence-electron chi connectivity index (χ1n) is 7.42. The van der Waals surface area contributed by atoms with Crippen LogP contribution in [0.25, 0.3) is 0 Å². The molecule has 0 unspecified atom stereocenters. The predicted molar refractivity (Wildman–Crippen MR) is 85.0 cm³/mol. The van der Waals surface area contributed by atoms with Gasteiger partial charge in [-0.25, -0.2) is 0 Å². The van der Waals surface area contributed by atoms with Crippen molar-refractivity contribution >= 4 is 17.4 Å². The lowest BCUT2D eigenvalue weighted by atomic mass is 10.2. The minimum Gasteiger partial charge on any atom is -0.356 e. The zero-order valence-corrected chi connectivity index (χ0v) is 13.3. The largest absolute Gasteiger partial charge is 0.416 e. The van der Waals surface area contributed by atoms with Crippen molar-refractivity contribution in [2.75, 3.05) is 23.3 Å².